The molecule has 0 radical (unpaired) electrons. The third-order valence-corrected chi connectivity index (χ3v) is 5.11. The van der Waals surface area contributed by atoms with Crippen LogP contribution in [0.2, 0.25) is 0 Å². The Morgan fingerprint density at radius 3 is 1.96 bits per heavy atom. The van der Waals surface area contributed by atoms with E-state index in [9.17, 15) is 9.59 Å². The van der Waals surface area contributed by atoms with E-state index in [1.807, 2.05) is 43.0 Å². The number of rotatable bonds is 3. The third-order valence-electron chi connectivity index (χ3n) is 5.11. The number of nitrogens with one attached hydrogen (secondary N) is 1. The molecule has 0 saturated carbocycles. The Kier molecular flexibility index (Phi) is 5.49. The second-order valence-electron chi connectivity index (χ2n) is 7.28. The fraction of sp³-hybridized carbons (Fsp3) is 0.364. The molecule has 1 saturated heterocycles. The Labute approximate surface area is 161 Å². The van der Waals surface area contributed by atoms with Gasteiger partial charge < -0.3 is 15.1 Å². The van der Waals surface area contributed by atoms with Crippen molar-refractivity contribution in [1.29, 1.82) is 0 Å². The summed E-state index contributed by atoms with van der Waals surface area (Å²) in [5, 5.41) is 3.08. The Hall–Kier alpha value is -2.82. The third kappa shape index (κ3) is 4.30. The highest BCUT2D eigenvalue weighted by atomic mass is 16.2. The number of benzene rings is 2. The van der Waals surface area contributed by atoms with Crippen molar-refractivity contribution in [2.45, 2.75) is 27.7 Å². The molecule has 5 heteroatoms. The lowest BCUT2D eigenvalue weighted by Crippen LogP contribution is -2.50. The summed E-state index contributed by atoms with van der Waals surface area (Å²) in [4.78, 5) is 28.2. The number of hydrogen-bond acceptors (Lipinski definition) is 3. The molecule has 142 valence electrons. The zero-order chi connectivity index (χ0) is 19.6. The maximum Gasteiger partial charge on any atom is 0.321 e. The fourth-order valence-corrected chi connectivity index (χ4v) is 3.64. The van der Waals surface area contributed by atoms with E-state index in [2.05, 4.69) is 29.3 Å². The molecule has 5 nitrogen and oxygen atoms in total. The number of piperazine rings is 1. The first-order valence-corrected chi connectivity index (χ1v) is 9.35. The van der Waals surface area contributed by atoms with Crippen LogP contribution in [-0.4, -0.2) is 42.9 Å². The summed E-state index contributed by atoms with van der Waals surface area (Å²) in [5.41, 5.74) is 6.10. The molecule has 27 heavy (non-hydrogen) atoms. The molecule has 1 heterocycles. The molecule has 1 aliphatic heterocycles. The summed E-state index contributed by atoms with van der Waals surface area (Å²) in [5.74, 6) is 0.0738. The van der Waals surface area contributed by atoms with Gasteiger partial charge in [0.1, 0.15) is 0 Å². The number of anilines is 2. The molecule has 0 bridgehead atoms. The number of hydrogen-bond donors (Lipinski definition) is 1. The Balaban J connectivity index is 1.60. The predicted molar refractivity (Wildman–Crippen MR) is 110 cm³/mol. The summed E-state index contributed by atoms with van der Waals surface area (Å²) >= 11 is 0. The number of ketones is 1. The molecule has 3 rings (SSSR count). The molecule has 2 aromatic rings. The maximum atomic E-state index is 12.7. The van der Waals surface area contributed by atoms with Gasteiger partial charge in [-0.25, -0.2) is 4.79 Å². The molecule has 1 aliphatic rings. The van der Waals surface area contributed by atoms with Crippen LogP contribution in [0.15, 0.2) is 36.4 Å². The van der Waals surface area contributed by atoms with E-state index in [0.29, 0.717) is 13.1 Å². The van der Waals surface area contributed by atoms with E-state index in [1.54, 1.807) is 6.92 Å². The van der Waals surface area contributed by atoms with E-state index < -0.39 is 0 Å². The van der Waals surface area contributed by atoms with Crippen LogP contribution >= 0.6 is 0 Å². The van der Waals surface area contributed by atoms with Gasteiger partial charge in [0.05, 0.1) is 0 Å². The average molecular weight is 365 g/mol. The first kappa shape index (κ1) is 19.0. The SMILES string of the molecule is CC(=O)c1ccc(N2CCN(C(=O)Nc3c(C)cc(C)cc3C)CC2)cc1. The summed E-state index contributed by atoms with van der Waals surface area (Å²) < 4.78 is 0. The minimum atomic E-state index is -0.0448. The molecular weight excluding hydrogens is 338 g/mol. The first-order valence-electron chi connectivity index (χ1n) is 9.35. The van der Waals surface area contributed by atoms with Gasteiger partial charge in [0.25, 0.3) is 0 Å². The van der Waals surface area contributed by atoms with Crippen LogP contribution < -0.4 is 10.2 Å². The molecular formula is C22H27N3O2. The van der Waals surface area contributed by atoms with Crippen LogP contribution in [0.4, 0.5) is 16.2 Å². The Bertz CT molecular complexity index is 827. The largest absolute Gasteiger partial charge is 0.368 e. The van der Waals surface area contributed by atoms with Crippen molar-refractivity contribution in [3.8, 4) is 0 Å². The summed E-state index contributed by atoms with van der Waals surface area (Å²) in [7, 11) is 0. The average Bonchev–Trinajstić information content (AvgIpc) is 2.64. The van der Waals surface area contributed by atoms with Crippen molar-refractivity contribution >= 4 is 23.2 Å². The minimum absolute atomic E-state index is 0.0448. The van der Waals surface area contributed by atoms with Crippen molar-refractivity contribution in [2.24, 2.45) is 0 Å². The van der Waals surface area contributed by atoms with Crippen LogP contribution in [0.3, 0.4) is 0 Å². The Morgan fingerprint density at radius 1 is 0.889 bits per heavy atom. The summed E-state index contributed by atoms with van der Waals surface area (Å²) in [6.45, 7) is 10.6. The van der Waals surface area contributed by atoms with Crippen LogP contribution in [0.1, 0.15) is 34.0 Å². The maximum absolute atomic E-state index is 12.7. The second kappa shape index (κ2) is 7.82. The predicted octanol–water partition coefficient (Wildman–Crippen LogP) is 4.17. The van der Waals surface area contributed by atoms with Crippen molar-refractivity contribution in [2.75, 3.05) is 36.4 Å². The van der Waals surface area contributed by atoms with E-state index in [1.165, 1.54) is 5.56 Å². The Morgan fingerprint density at radius 2 is 1.44 bits per heavy atom. The number of carbonyl (C=O) groups is 2. The van der Waals surface area contributed by atoms with Gasteiger partial charge in [0.2, 0.25) is 0 Å². The van der Waals surface area contributed by atoms with E-state index in [0.717, 1.165) is 41.2 Å². The number of aryl methyl sites for hydroxylation is 3. The second-order valence-corrected chi connectivity index (χ2v) is 7.28. The zero-order valence-corrected chi connectivity index (χ0v) is 16.5. The topological polar surface area (TPSA) is 52.7 Å². The molecule has 1 N–H and O–H groups in total. The highest BCUT2D eigenvalue weighted by Crippen LogP contribution is 2.23. The summed E-state index contributed by atoms with van der Waals surface area (Å²) in [6.07, 6.45) is 0. The van der Waals surface area contributed by atoms with Crippen LogP contribution in [0.5, 0.6) is 0 Å². The quantitative estimate of drug-likeness (QED) is 0.831. The van der Waals surface area contributed by atoms with Crippen molar-refractivity contribution in [3.05, 3.63) is 58.7 Å². The molecule has 1 fully saturated rings. The van der Waals surface area contributed by atoms with Gasteiger partial charge >= 0.3 is 6.03 Å². The number of nitrogens with zero attached hydrogens (tertiary/aromatic N) is 2. The lowest BCUT2D eigenvalue weighted by Gasteiger charge is -2.36. The van der Waals surface area contributed by atoms with Crippen LogP contribution in [0, 0.1) is 20.8 Å². The number of urea groups is 1. The lowest BCUT2D eigenvalue weighted by molar-refractivity contribution is 0.101. The molecule has 0 atom stereocenters. The van der Waals surface area contributed by atoms with Gasteiger partial charge in [-0.05, 0) is 63.1 Å². The van der Waals surface area contributed by atoms with Gasteiger partial charge in [-0.1, -0.05) is 17.7 Å². The fourth-order valence-electron chi connectivity index (χ4n) is 3.64. The van der Waals surface area contributed by atoms with Gasteiger partial charge in [-0.3, -0.25) is 4.79 Å². The summed E-state index contributed by atoms with van der Waals surface area (Å²) in [6, 6.07) is 11.8. The molecule has 0 spiro atoms. The minimum Gasteiger partial charge on any atom is -0.368 e. The van der Waals surface area contributed by atoms with Gasteiger partial charge in [-0.2, -0.15) is 0 Å². The number of amides is 2. The van der Waals surface area contributed by atoms with Crippen molar-refractivity contribution in [1.82, 2.24) is 4.90 Å². The zero-order valence-electron chi connectivity index (χ0n) is 16.5. The molecule has 2 aromatic carbocycles. The highest BCUT2D eigenvalue weighted by molar-refractivity contribution is 5.94. The van der Waals surface area contributed by atoms with E-state index in [4.69, 9.17) is 0 Å². The van der Waals surface area contributed by atoms with Crippen molar-refractivity contribution in [3.63, 3.8) is 0 Å². The van der Waals surface area contributed by atoms with E-state index >= 15 is 0 Å². The lowest BCUT2D eigenvalue weighted by atomic mass is 10.1. The standard InChI is InChI=1S/C22H27N3O2/c1-15-13-16(2)21(17(3)14-15)23-22(27)25-11-9-24(10-12-25)20-7-5-19(6-8-20)18(4)26/h5-8,13-14H,9-12H2,1-4H3,(H,23,27). The number of carbonyl (C=O) groups excluding carboxylic acids is 2. The van der Waals surface area contributed by atoms with Crippen LogP contribution in [0.25, 0.3) is 0 Å². The molecule has 0 aromatic heterocycles. The molecule has 0 aliphatic carbocycles. The smallest absolute Gasteiger partial charge is 0.321 e. The van der Waals surface area contributed by atoms with Gasteiger partial charge in [-0.15, -0.1) is 0 Å². The van der Waals surface area contributed by atoms with E-state index in [-0.39, 0.29) is 11.8 Å². The molecule has 2 amide bonds. The highest BCUT2D eigenvalue weighted by Gasteiger charge is 2.22. The molecule has 0 unspecified atom stereocenters. The monoisotopic (exact) mass is 365 g/mol. The normalized spacial score (nSPS) is 14.2. The number of Topliss-reactive ketones (excluding diaryl/α,β-unsaturated/α-hetero) is 1. The van der Waals surface area contributed by atoms with Crippen LogP contribution in [-0.2, 0) is 0 Å². The first-order chi connectivity index (χ1) is 12.8. The van der Waals surface area contributed by atoms with Crippen molar-refractivity contribution < 1.29 is 9.59 Å². The van der Waals surface area contributed by atoms with Gasteiger partial charge in [0.15, 0.2) is 5.78 Å². The van der Waals surface area contributed by atoms with Gasteiger partial charge in [0, 0.05) is 43.1 Å².